The number of hydrogen-bond acceptors (Lipinski definition) is 3. The van der Waals surface area contributed by atoms with Crippen LogP contribution in [-0.2, 0) is 0 Å². The Kier molecular flexibility index (Phi) is 4.75. The van der Waals surface area contributed by atoms with Gasteiger partial charge in [0.25, 0.3) is 5.91 Å². The highest BCUT2D eigenvalue weighted by Crippen LogP contribution is 2.50. The minimum absolute atomic E-state index is 0.102. The summed E-state index contributed by atoms with van der Waals surface area (Å²) in [4.78, 5) is 13.1. The Hall–Kier alpha value is -3.53. The van der Waals surface area contributed by atoms with Crippen molar-refractivity contribution in [1.29, 1.82) is 0 Å². The van der Waals surface area contributed by atoms with Crippen molar-refractivity contribution in [3.8, 4) is 5.75 Å². The lowest BCUT2D eigenvalue weighted by molar-refractivity contribution is 0.102. The number of ether oxygens (including phenoxy) is 1. The average Bonchev–Trinajstić information content (AvgIpc) is 3.29. The number of rotatable bonds is 4. The van der Waals surface area contributed by atoms with E-state index in [0.717, 1.165) is 23.5 Å². The lowest BCUT2D eigenvalue weighted by atomic mass is 9.76. The number of carbonyl (C=O) groups is 1. The zero-order chi connectivity index (χ0) is 20.5. The highest BCUT2D eigenvalue weighted by molar-refractivity contribution is 6.08. The first-order valence-corrected chi connectivity index (χ1v) is 10.3. The molecule has 3 aromatic carbocycles. The van der Waals surface area contributed by atoms with E-state index in [-0.39, 0.29) is 11.9 Å². The van der Waals surface area contributed by atoms with Crippen molar-refractivity contribution < 1.29 is 9.53 Å². The number of amides is 1. The minimum atomic E-state index is -0.102. The first-order valence-electron chi connectivity index (χ1n) is 10.3. The third kappa shape index (κ3) is 3.24. The van der Waals surface area contributed by atoms with Gasteiger partial charge in [-0.2, -0.15) is 0 Å². The number of anilines is 2. The van der Waals surface area contributed by atoms with Crippen LogP contribution in [0, 0.1) is 5.92 Å². The second kappa shape index (κ2) is 7.71. The monoisotopic (exact) mass is 396 g/mol. The number of benzene rings is 3. The summed E-state index contributed by atoms with van der Waals surface area (Å²) >= 11 is 0. The molecule has 3 aromatic rings. The Morgan fingerprint density at radius 2 is 1.87 bits per heavy atom. The van der Waals surface area contributed by atoms with Crippen LogP contribution in [0.2, 0.25) is 0 Å². The summed E-state index contributed by atoms with van der Waals surface area (Å²) in [6.07, 6.45) is 5.56. The van der Waals surface area contributed by atoms with Gasteiger partial charge in [-0.15, -0.1) is 0 Å². The highest BCUT2D eigenvalue weighted by atomic mass is 16.5. The fraction of sp³-hybridized carbons (Fsp3) is 0.192. The van der Waals surface area contributed by atoms with Crippen LogP contribution in [-0.4, -0.2) is 13.0 Å². The fourth-order valence-electron chi connectivity index (χ4n) is 4.70. The zero-order valence-electron chi connectivity index (χ0n) is 16.8. The minimum Gasteiger partial charge on any atom is -0.497 e. The molecule has 0 fully saturated rings. The number of nitrogens with one attached hydrogen (secondary N) is 2. The van der Waals surface area contributed by atoms with Crippen molar-refractivity contribution in [1.82, 2.24) is 0 Å². The van der Waals surface area contributed by atoms with Gasteiger partial charge in [0, 0.05) is 11.6 Å². The Morgan fingerprint density at radius 3 is 2.70 bits per heavy atom. The highest BCUT2D eigenvalue weighted by Gasteiger charge is 2.39. The van der Waals surface area contributed by atoms with E-state index in [9.17, 15) is 4.79 Å². The predicted molar refractivity (Wildman–Crippen MR) is 120 cm³/mol. The number of carbonyl (C=O) groups excluding carboxylic acids is 1. The van der Waals surface area contributed by atoms with E-state index in [0.29, 0.717) is 17.4 Å². The van der Waals surface area contributed by atoms with Gasteiger partial charge in [0.05, 0.1) is 24.4 Å². The third-order valence-electron chi connectivity index (χ3n) is 6.13. The summed E-state index contributed by atoms with van der Waals surface area (Å²) in [7, 11) is 1.69. The molecule has 3 unspecified atom stereocenters. The molecule has 4 nitrogen and oxygen atoms in total. The Bertz CT molecular complexity index is 1110. The Labute approximate surface area is 176 Å². The maximum atomic E-state index is 13.1. The molecule has 0 saturated heterocycles. The summed E-state index contributed by atoms with van der Waals surface area (Å²) in [6, 6.07) is 23.9. The second-order valence-corrected chi connectivity index (χ2v) is 7.84. The van der Waals surface area contributed by atoms with E-state index in [1.54, 1.807) is 7.11 Å². The van der Waals surface area contributed by atoms with Crippen LogP contribution < -0.4 is 15.4 Å². The molecule has 3 atom stereocenters. The van der Waals surface area contributed by atoms with Gasteiger partial charge in [0.1, 0.15) is 5.75 Å². The van der Waals surface area contributed by atoms with Gasteiger partial charge in [0.2, 0.25) is 0 Å². The van der Waals surface area contributed by atoms with Crippen molar-refractivity contribution in [3.63, 3.8) is 0 Å². The molecule has 1 heterocycles. The van der Waals surface area contributed by atoms with Crippen molar-refractivity contribution in [2.24, 2.45) is 5.92 Å². The number of fused-ring (bicyclic) bond motifs is 3. The van der Waals surface area contributed by atoms with Gasteiger partial charge < -0.3 is 15.4 Å². The van der Waals surface area contributed by atoms with Gasteiger partial charge in [-0.3, -0.25) is 4.79 Å². The van der Waals surface area contributed by atoms with Crippen molar-refractivity contribution >= 4 is 17.3 Å². The maximum Gasteiger partial charge on any atom is 0.257 e. The number of para-hydroxylation sites is 2. The van der Waals surface area contributed by atoms with Gasteiger partial charge in [0.15, 0.2) is 0 Å². The molecular formula is C26H24N2O2. The predicted octanol–water partition coefficient (Wildman–Crippen LogP) is 5.77. The van der Waals surface area contributed by atoms with Gasteiger partial charge in [-0.1, -0.05) is 54.6 Å². The summed E-state index contributed by atoms with van der Waals surface area (Å²) in [5.74, 6) is 1.45. The van der Waals surface area contributed by atoms with Gasteiger partial charge in [-0.25, -0.2) is 0 Å². The van der Waals surface area contributed by atoms with Crippen LogP contribution in [0.15, 0.2) is 84.9 Å². The zero-order valence-corrected chi connectivity index (χ0v) is 16.8. The molecule has 0 bridgehead atoms. The number of methoxy groups -OCH3 is 1. The molecule has 4 heteroatoms. The molecule has 150 valence electrons. The van der Waals surface area contributed by atoms with E-state index in [2.05, 4.69) is 41.0 Å². The van der Waals surface area contributed by atoms with Crippen LogP contribution in [0.3, 0.4) is 0 Å². The lowest BCUT2D eigenvalue weighted by Gasteiger charge is -2.38. The lowest BCUT2D eigenvalue weighted by Crippen LogP contribution is -2.30. The molecule has 0 saturated carbocycles. The van der Waals surface area contributed by atoms with E-state index >= 15 is 0 Å². The average molecular weight is 396 g/mol. The fourth-order valence-corrected chi connectivity index (χ4v) is 4.70. The smallest absolute Gasteiger partial charge is 0.257 e. The molecule has 2 aliphatic rings. The molecule has 5 rings (SSSR count). The Balaban J connectivity index is 1.54. The van der Waals surface area contributed by atoms with Crippen LogP contribution in [0.1, 0.15) is 39.9 Å². The van der Waals surface area contributed by atoms with E-state index in [1.807, 2.05) is 54.6 Å². The van der Waals surface area contributed by atoms with E-state index in [1.165, 1.54) is 11.1 Å². The number of hydrogen-bond donors (Lipinski definition) is 2. The molecule has 1 aliphatic heterocycles. The second-order valence-electron chi connectivity index (χ2n) is 7.84. The topological polar surface area (TPSA) is 50.4 Å². The number of allylic oxidation sites excluding steroid dienone is 2. The molecule has 1 amide bonds. The van der Waals surface area contributed by atoms with Crippen LogP contribution >= 0.6 is 0 Å². The SMILES string of the molecule is COc1cccc(C2Nc3c(C(=O)Nc4ccccc4)cccc3C3C=CCC32)c1. The molecule has 2 N–H and O–H groups in total. The van der Waals surface area contributed by atoms with Crippen molar-refractivity contribution in [3.05, 3.63) is 102 Å². The first kappa shape index (κ1) is 18.5. The summed E-state index contributed by atoms with van der Waals surface area (Å²) < 4.78 is 5.45. The quantitative estimate of drug-likeness (QED) is 0.550. The summed E-state index contributed by atoms with van der Waals surface area (Å²) in [6.45, 7) is 0. The Morgan fingerprint density at radius 1 is 1.03 bits per heavy atom. The third-order valence-corrected chi connectivity index (χ3v) is 6.13. The van der Waals surface area contributed by atoms with Gasteiger partial charge >= 0.3 is 0 Å². The largest absolute Gasteiger partial charge is 0.497 e. The molecule has 0 aromatic heterocycles. The van der Waals surface area contributed by atoms with E-state index < -0.39 is 0 Å². The summed E-state index contributed by atoms with van der Waals surface area (Å²) in [5, 5.41) is 6.74. The molecule has 0 radical (unpaired) electrons. The summed E-state index contributed by atoms with van der Waals surface area (Å²) in [5.41, 5.74) is 4.75. The normalized spacial score (nSPS) is 21.3. The van der Waals surface area contributed by atoms with Crippen LogP contribution in [0.4, 0.5) is 11.4 Å². The van der Waals surface area contributed by atoms with Crippen molar-refractivity contribution in [2.75, 3.05) is 17.7 Å². The first-order chi connectivity index (χ1) is 14.7. The van der Waals surface area contributed by atoms with Crippen molar-refractivity contribution in [2.45, 2.75) is 18.4 Å². The van der Waals surface area contributed by atoms with Gasteiger partial charge in [-0.05, 0) is 53.8 Å². The standard InChI is InChI=1S/C26H24N2O2/c1-30-19-11-5-8-17(16-19)24-21-13-6-12-20(21)22-14-7-15-23(25(22)28-24)26(29)27-18-9-3-2-4-10-18/h2-12,14-16,20-21,24,28H,13H2,1H3,(H,27,29). The van der Waals surface area contributed by atoms with Crippen LogP contribution in [0.5, 0.6) is 5.75 Å². The molecular weight excluding hydrogens is 372 g/mol. The molecule has 1 aliphatic carbocycles. The molecule has 0 spiro atoms. The van der Waals surface area contributed by atoms with Crippen LogP contribution in [0.25, 0.3) is 0 Å². The van der Waals surface area contributed by atoms with E-state index in [4.69, 9.17) is 4.74 Å². The molecule has 30 heavy (non-hydrogen) atoms. The maximum absolute atomic E-state index is 13.1.